The fraction of sp³-hybridized carbons (Fsp3) is 0.0370. The number of rotatable bonds is 7. The van der Waals surface area contributed by atoms with Gasteiger partial charge in [0, 0.05) is 22.2 Å². The molecule has 0 atom stereocenters. The number of aryl methyl sites for hydroxylation is 1. The van der Waals surface area contributed by atoms with Crippen LogP contribution in [0, 0.1) is 12.1 Å². The maximum absolute atomic E-state index is 13.0. The first-order valence-corrected chi connectivity index (χ1v) is 12.7. The lowest BCUT2D eigenvalue weighted by Crippen LogP contribution is -2.32. The average Bonchev–Trinajstić information content (AvgIpc) is 3.47. The van der Waals surface area contributed by atoms with Crippen LogP contribution in [0.1, 0.15) is 15.9 Å². The van der Waals surface area contributed by atoms with E-state index >= 15 is 0 Å². The van der Waals surface area contributed by atoms with Crippen molar-refractivity contribution in [1.29, 1.82) is 0 Å². The number of hydrogen-bond acceptors (Lipinski definition) is 9. The van der Waals surface area contributed by atoms with E-state index in [2.05, 4.69) is 15.6 Å². The Morgan fingerprint density at radius 1 is 1.05 bits per heavy atom. The van der Waals surface area contributed by atoms with E-state index in [9.17, 15) is 19.6 Å². The van der Waals surface area contributed by atoms with Crippen molar-refractivity contribution in [2.24, 2.45) is 0 Å². The molecule has 12 heteroatoms. The number of amides is 3. The van der Waals surface area contributed by atoms with Crippen LogP contribution in [0.25, 0.3) is 11.3 Å². The van der Waals surface area contributed by atoms with Crippen LogP contribution in [0.4, 0.5) is 22.2 Å². The monoisotopic (exact) mass is 560 g/mol. The largest absolute Gasteiger partial charge is 0.733 e. The van der Waals surface area contributed by atoms with Gasteiger partial charge in [0.2, 0.25) is 0 Å². The number of carbonyl (C=O) groups excluding carboxylic acids is 3. The molecule has 3 N–H and O–H groups in total. The van der Waals surface area contributed by atoms with Crippen LogP contribution in [-0.4, -0.2) is 27.9 Å². The quantitative estimate of drug-likeness (QED) is 0.199. The highest BCUT2D eigenvalue weighted by molar-refractivity contribution is 7.14. The van der Waals surface area contributed by atoms with Crippen molar-refractivity contribution in [1.82, 2.24) is 4.98 Å². The van der Waals surface area contributed by atoms with Crippen molar-refractivity contribution in [3.05, 3.63) is 105 Å². The summed E-state index contributed by atoms with van der Waals surface area (Å²) in [6, 6.07) is 19.5. The highest BCUT2D eigenvalue weighted by Gasteiger charge is 2.39. The second-order valence-corrected chi connectivity index (χ2v) is 9.73. The number of aromatic nitrogens is 1. The molecule has 0 radical (unpaired) electrons. The molecule has 0 spiro atoms. The lowest BCUT2D eigenvalue weighted by atomic mass is 10.1. The standard InChI is InChI=1S/C27H19ClN5O5S/c1-15-4-2-6-19(12-15)32-25(35)22(28)23(26(32)36)29-18-10-8-16(9-11-18)24(34)31-27-30-21(14-39-27)17-5-3-7-20(13-17)33(37)38/h2-14,29,37H,1H3,(H,30,31,34)/q-1. The van der Waals surface area contributed by atoms with Crippen molar-refractivity contribution in [3.63, 3.8) is 0 Å². The number of benzene rings is 3. The van der Waals surface area contributed by atoms with Gasteiger partial charge in [-0.2, -0.15) is 0 Å². The molecule has 0 unspecified atom stereocenters. The van der Waals surface area contributed by atoms with E-state index in [1.807, 2.05) is 13.0 Å². The summed E-state index contributed by atoms with van der Waals surface area (Å²) in [7, 11) is 0. The lowest BCUT2D eigenvalue weighted by molar-refractivity contribution is -0.120. The Labute approximate surface area is 231 Å². The second kappa shape index (κ2) is 10.7. The fourth-order valence-electron chi connectivity index (χ4n) is 3.88. The van der Waals surface area contributed by atoms with Gasteiger partial charge in [0.15, 0.2) is 5.13 Å². The van der Waals surface area contributed by atoms with Crippen LogP contribution >= 0.6 is 22.9 Å². The van der Waals surface area contributed by atoms with E-state index in [-0.39, 0.29) is 21.6 Å². The number of carbonyl (C=O) groups is 3. The van der Waals surface area contributed by atoms with Gasteiger partial charge in [0.25, 0.3) is 17.7 Å². The SMILES string of the molecule is Cc1cccc(N2C(=O)C(Cl)=C(Nc3ccc(C(=O)Nc4nc(-c5cccc(N([O-])O)c5)cs4)cc3)C2=O)c1. The second-order valence-electron chi connectivity index (χ2n) is 8.49. The predicted octanol–water partition coefficient (Wildman–Crippen LogP) is 5.50. The third-order valence-electron chi connectivity index (χ3n) is 5.79. The molecule has 1 aromatic heterocycles. The van der Waals surface area contributed by atoms with E-state index in [1.165, 1.54) is 23.5 Å². The Kier molecular flexibility index (Phi) is 7.13. The van der Waals surface area contributed by atoms with Crippen LogP contribution in [0.3, 0.4) is 0 Å². The Morgan fingerprint density at radius 3 is 2.51 bits per heavy atom. The number of imide groups is 1. The van der Waals surface area contributed by atoms with Gasteiger partial charge in [0.05, 0.1) is 17.1 Å². The van der Waals surface area contributed by atoms with Gasteiger partial charge in [-0.1, -0.05) is 35.9 Å². The summed E-state index contributed by atoms with van der Waals surface area (Å²) in [5.74, 6) is -1.61. The maximum atomic E-state index is 13.0. The van der Waals surface area contributed by atoms with Gasteiger partial charge in [-0.25, -0.2) is 9.88 Å². The molecule has 3 amide bonds. The molecule has 1 aliphatic rings. The third-order valence-corrected chi connectivity index (χ3v) is 6.90. The minimum Gasteiger partial charge on any atom is -0.733 e. The molecule has 0 saturated heterocycles. The van der Waals surface area contributed by atoms with Gasteiger partial charge >= 0.3 is 0 Å². The third kappa shape index (κ3) is 5.38. The van der Waals surface area contributed by atoms with Crippen molar-refractivity contribution in [2.75, 3.05) is 20.8 Å². The molecule has 0 saturated carbocycles. The molecule has 0 bridgehead atoms. The highest BCUT2D eigenvalue weighted by Crippen LogP contribution is 2.31. The van der Waals surface area contributed by atoms with Crippen LogP contribution < -0.4 is 20.8 Å². The number of nitrogens with zero attached hydrogens (tertiary/aromatic N) is 3. The first kappa shape index (κ1) is 26.1. The smallest absolute Gasteiger partial charge is 0.283 e. The van der Waals surface area contributed by atoms with Crippen LogP contribution in [0.5, 0.6) is 0 Å². The molecular weight excluding hydrogens is 542 g/mol. The van der Waals surface area contributed by atoms with E-state index in [0.717, 1.165) is 10.5 Å². The molecule has 3 aromatic carbocycles. The topological polar surface area (TPSA) is 138 Å². The zero-order valence-corrected chi connectivity index (χ0v) is 21.8. The van der Waals surface area contributed by atoms with E-state index in [4.69, 9.17) is 16.8 Å². The Morgan fingerprint density at radius 2 is 1.79 bits per heavy atom. The number of hydrogen-bond donors (Lipinski definition) is 3. The molecule has 10 nitrogen and oxygen atoms in total. The summed E-state index contributed by atoms with van der Waals surface area (Å²) in [5.41, 5.74) is 3.23. The first-order chi connectivity index (χ1) is 18.7. The first-order valence-electron chi connectivity index (χ1n) is 11.5. The normalized spacial score (nSPS) is 13.2. The molecule has 196 valence electrons. The van der Waals surface area contributed by atoms with Gasteiger partial charge in [-0.05, 0) is 61.0 Å². The van der Waals surface area contributed by atoms with Crippen molar-refractivity contribution in [3.8, 4) is 11.3 Å². The van der Waals surface area contributed by atoms with Gasteiger partial charge < -0.3 is 15.8 Å². The lowest BCUT2D eigenvalue weighted by Gasteiger charge is -2.21. The minimum absolute atomic E-state index is 0.0546. The van der Waals surface area contributed by atoms with Crippen LogP contribution in [-0.2, 0) is 9.59 Å². The highest BCUT2D eigenvalue weighted by atomic mass is 35.5. The van der Waals surface area contributed by atoms with Gasteiger partial charge in [0.1, 0.15) is 10.7 Å². The molecule has 4 aromatic rings. The molecular formula is C27H19ClN5O5S-. The zero-order chi connectivity index (χ0) is 27.7. The Bertz CT molecular complexity index is 1630. The summed E-state index contributed by atoms with van der Waals surface area (Å²) in [5, 5.41) is 27.4. The summed E-state index contributed by atoms with van der Waals surface area (Å²) < 4.78 is 0. The summed E-state index contributed by atoms with van der Waals surface area (Å²) >= 11 is 7.41. The minimum atomic E-state index is -0.623. The summed E-state index contributed by atoms with van der Waals surface area (Å²) in [6.07, 6.45) is 0. The number of anilines is 4. The van der Waals surface area contributed by atoms with Crippen LogP contribution in [0.15, 0.2) is 88.9 Å². The number of thiazole rings is 1. The Hall–Kier alpha value is -4.55. The zero-order valence-electron chi connectivity index (χ0n) is 20.2. The van der Waals surface area contributed by atoms with Gasteiger partial charge in [-0.3, -0.25) is 24.9 Å². The van der Waals surface area contributed by atoms with Crippen LogP contribution in [0.2, 0.25) is 0 Å². The summed E-state index contributed by atoms with van der Waals surface area (Å²) in [4.78, 5) is 43.8. The van der Waals surface area contributed by atoms with Crippen molar-refractivity contribution >= 4 is 62.9 Å². The van der Waals surface area contributed by atoms with Crippen molar-refractivity contribution in [2.45, 2.75) is 6.92 Å². The van der Waals surface area contributed by atoms with Crippen molar-refractivity contribution < 1.29 is 19.6 Å². The van der Waals surface area contributed by atoms with E-state index in [1.54, 1.807) is 60.0 Å². The average molecular weight is 561 g/mol. The maximum Gasteiger partial charge on any atom is 0.283 e. The molecule has 5 rings (SSSR count). The number of halogens is 1. The fourth-order valence-corrected chi connectivity index (χ4v) is 4.81. The molecule has 0 aliphatic carbocycles. The predicted molar refractivity (Wildman–Crippen MR) is 150 cm³/mol. The van der Waals surface area contributed by atoms with E-state index < -0.39 is 17.7 Å². The summed E-state index contributed by atoms with van der Waals surface area (Å²) in [6.45, 7) is 1.85. The molecule has 39 heavy (non-hydrogen) atoms. The molecule has 1 aliphatic heterocycles. The Balaban J connectivity index is 1.26. The van der Waals surface area contributed by atoms with Gasteiger partial charge in [-0.15, -0.1) is 11.3 Å². The molecule has 0 fully saturated rings. The van der Waals surface area contributed by atoms with E-state index in [0.29, 0.717) is 33.3 Å². The molecule has 2 heterocycles. The number of nitrogens with one attached hydrogen (secondary N) is 2.